The van der Waals surface area contributed by atoms with Gasteiger partial charge >= 0.3 is 5.97 Å². The standard InChI is InChI=1S/C14H14ClN3O3/c1-18-8-10(7-16-18)13(14(20)21)17-12(19)6-9-3-2-4-11(15)5-9/h2-5,7-8,13H,6H2,1H3,(H,17,19)(H,20,21). The van der Waals surface area contributed by atoms with Gasteiger partial charge in [0.05, 0.1) is 12.6 Å². The quantitative estimate of drug-likeness (QED) is 0.878. The lowest BCUT2D eigenvalue weighted by Crippen LogP contribution is -2.34. The summed E-state index contributed by atoms with van der Waals surface area (Å²) in [7, 11) is 1.68. The van der Waals surface area contributed by atoms with E-state index in [1.807, 2.05) is 0 Å². The summed E-state index contributed by atoms with van der Waals surface area (Å²) in [4.78, 5) is 23.3. The Hall–Kier alpha value is -2.34. The number of carboxylic acid groups (broad SMARTS) is 1. The van der Waals surface area contributed by atoms with Gasteiger partial charge in [0.15, 0.2) is 6.04 Å². The first kappa shape index (κ1) is 15.1. The van der Waals surface area contributed by atoms with E-state index >= 15 is 0 Å². The fourth-order valence-electron chi connectivity index (χ4n) is 1.92. The van der Waals surface area contributed by atoms with E-state index in [0.717, 1.165) is 5.56 Å². The van der Waals surface area contributed by atoms with Crippen LogP contribution in [-0.2, 0) is 23.1 Å². The topological polar surface area (TPSA) is 84.2 Å². The lowest BCUT2D eigenvalue weighted by atomic mass is 10.1. The first-order chi connectivity index (χ1) is 9.95. The molecule has 2 aromatic rings. The highest BCUT2D eigenvalue weighted by Crippen LogP contribution is 2.14. The van der Waals surface area contributed by atoms with E-state index in [4.69, 9.17) is 11.6 Å². The second kappa shape index (κ2) is 6.41. The Balaban J connectivity index is 2.07. The lowest BCUT2D eigenvalue weighted by Gasteiger charge is -2.13. The van der Waals surface area contributed by atoms with Crippen LogP contribution in [0.4, 0.5) is 0 Å². The number of aliphatic carboxylic acids is 1. The van der Waals surface area contributed by atoms with E-state index in [2.05, 4.69) is 10.4 Å². The van der Waals surface area contributed by atoms with Gasteiger partial charge in [-0.1, -0.05) is 23.7 Å². The van der Waals surface area contributed by atoms with Gasteiger partial charge in [-0.2, -0.15) is 5.10 Å². The number of carbonyl (C=O) groups is 2. The molecule has 1 amide bonds. The highest BCUT2D eigenvalue weighted by Gasteiger charge is 2.23. The molecule has 0 fully saturated rings. The van der Waals surface area contributed by atoms with Crippen LogP contribution in [0.25, 0.3) is 0 Å². The van der Waals surface area contributed by atoms with Crippen molar-refractivity contribution in [3.05, 3.63) is 52.8 Å². The van der Waals surface area contributed by atoms with Gasteiger partial charge in [0, 0.05) is 23.8 Å². The molecule has 0 radical (unpaired) electrons. The van der Waals surface area contributed by atoms with Crippen LogP contribution in [0.2, 0.25) is 5.02 Å². The molecule has 0 bridgehead atoms. The van der Waals surface area contributed by atoms with Gasteiger partial charge in [-0.3, -0.25) is 9.48 Å². The van der Waals surface area contributed by atoms with Crippen LogP contribution in [-0.4, -0.2) is 26.8 Å². The second-order valence-corrected chi connectivity index (χ2v) is 5.03. The number of benzene rings is 1. The Kier molecular flexibility index (Phi) is 4.59. The third-order valence-corrected chi connectivity index (χ3v) is 3.10. The molecule has 1 aromatic heterocycles. The maximum Gasteiger partial charge on any atom is 0.331 e. The first-order valence-corrected chi connectivity index (χ1v) is 6.58. The molecule has 2 N–H and O–H groups in total. The van der Waals surface area contributed by atoms with Crippen molar-refractivity contribution in [1.82, 2.24) is 15.1 Å². The van der Waals surface area contributed by atoms with Crippen molar-refractivity contribution in [1.29, 1.82) is 0 Å². The van der Waals surface area contributed by atoms with E-state index in [9.17, 15) is 14.7 Å². The summed E-state index contributed by atoms with van der Waals surface area (Å²) in [5.74, 6) is -1.53. The Morgan fingerprint density at radius 3 is 2.81 bits per heavy atom. The molecule has 1 unspecified atom stereocenters. The fourth-order valence-corrected chi connectivity index (χ4v) is 2.13. The molecule has 21 heavy (non-hydrogen) atoms. The SMILES string of the molecule is Cn1cc(C(NC(=O)Cc2cccc(Cl)c2)C(=O)O)cn1. The molecule has 0 saturated carbocycles. The summed E-state index contributed by atoms with van der Waals surface area (Å²) in [6.07, 6.45) is 3.03. The van der Waals surface area contributed by atoms with Gasteiger partial charge in [-0.05, 0) is 17.7 Å². The van der Waals surface area contributed by atoms with Crippen LogP contribution >= 0.6 is 11.6 Å². The van der Waals surface area contributed by atoms with Crippen LogP contribution in [0.3, 0.4) is 0 Å². The maximum absolute atomic E-state index is 12.0. The molecule has 0 aliphatic heterocycles. The van der Waals surface area contributed by atoms with Crippen LogP contribution in [0.1, 0.15) is 17.2 Å². The Bertz CT molecular complexity index is 669. The third-order valence-electron chi connectivity index (χ3n) is 2.86. The van der Waals surface area contributed by atoms with E-state index in [0.29, 0.717) is 10.6 Å². The molecule has 0 spiro atoms. The molecule has 1 heterocycles. The number of hydrogen-bond acceptors (Lipinski definition) is 3. The number of carboxylic acids is 1. The highest BCUT2D eigenvalue weighted by atomic mass is 35.5. The fraction of sp³-hybridized carbons (Fsp3) is 0.214. The van der Waals surface area contributed by atoms with Crippen molar-refractivity contribution < 1.29 is 14.7 Å². The normalized spacial score (nSPS) is 11.9. The molecule has 1 atom stereocenters. The zero-order valence-electron chi connectivity index (χ0n) is 11.3. The summed E-state index contributed by atoms with van der Waals surface area (Å²) in [5, 5.41) is 16.1. The van der Waals surface area contributed by atoms with Crippen LogP contribution < -0.4 is 5.32 Å². The predicted octanol–water partition coefficient (Wildman–Crippen LogP) is 1.56. The Labute approximate surface area is 126 Å². The maximum atomic E-state index is 12.0. The minimum atomic E-state index is -1.14. The van der Waals surface area contributed by atoms with E-state index in [-0.39, 0.29) is 6.42 Å². The molecule has 110 valence electrons. The molecule has 6 nitrogen and oxygen atoms in total. The Morgan fingerprint density at radius 1 is 1.48 bits per heavy atom. The number of aromatic nitrogens is 2. The summed E-state index contributed by atoms with van der Waals surface area (Å²) >= 11 is 5.85. The third kappa shape index (κ3) is 4.06. The first-order valence-electron chi connectivity index (χ1n) is 6.21. The molecular weight excluding hydrogens is 294 g/mol. The molecular formula is C14H14ClN3O3. The summed E-state index contributed by atoms with van der Waals surface area (Å²) < 4.78 is 1.48. The van der Waals surface area contributed by atoms with E-state index < -0.39 is 17.9 Å². The average Bonchev–Trinajstić information content (AvgIpc) is 2.82. The Morgan fingerprint density at radius 2 is 2.24 bits per heavy atom. The van der Waals surface area contributed by atoms with Crippen LogP contribution in [0.15, 0.2) is 36.7 Å². The molecule has 0 saturated heterocycles. The van der Waals surface area contributed by atoms with Crippen molar-refractivity contribution in [2.24, 2.45) is 7.05 Å². The van der Waals surface area contributed by atoms with E-state index in [1.54, 1.807) is 37.5 Å². The van der Waals surface area contributed by atoms with Crippen molar-refractivity contribution in [3.8, 4) is 0 Å². The largest absolute Gasteiger partial charge is 0.479 e. The monoisotopic (exact) mass is 307 g/mol. The van der Waals surface area contributed by atoms with Crippen molar-refractivity contribution in [3.63, 3.8) is 0 Å². The van der Waals surface area contributed by atoms with Crippen molar-refractivity contribution in [2.45, 2.75) is 12.5 Å². The molecule has 1 aromatic carbocycles. The lowest BCUT2D eigenvalue weighted by molar-refractivity contribution is -0.141. The van der Waals surface area contributed by atoms with Gasteiger partial charge in [-0.15, -0.1) is 0 Å². The molecule has 2 rings (SSSR count). The predicted molar refractivity (Wildman–Crippen MR) is 76.9 cm³/mol. The number of amides is 1. The minimum Gasteiger partial charge on any atom is -0.479 e. The zero-order valence-corrected chi connectivity index (χ0v) is 12.0. The zero-order chi connectivity index (χ0) is 15.4. The van der Waals surface area contributed by atoms with Gasteiger partial charge < -0.3 is 10.4 Å². The minimum absolute atomic E-state index is 0.0601. The van der Waals surface area contributed by atoms with Crippen LogP contribution in [0, 0.1) is 0 Å². The number of rotatable bonds is 5. The van der Waals surface area contributed by atoms with Gasteiger partial charge in [0.25, 0.3) is 0 Å². The summed E-state index contributed by atoms with van der Waals surface area (Å²) in [5.41, 5.74) is 1.14. The number of nitrogens with zero attached hydrogens (tertiary/aromatic N) is 2. The van der Waals surface area contributed by atoms with Gasteiger partial charge in [-0.25, -0.2) is 4.79 Å². The highest BCUT2D eigenvalue weighted by molar-refractivity contribution is 6.30. The molecule has 7 heteroatoms. The average molecular weight is 308 g/mol. The smallest absolute Gasteiger partial charge is 0.331 e. The number of nitrogens with one attached hydrogen (secondary N) is 1. The number of hydrogen-bond donors (Lipinski definition) is 2. The van der Waals surface area contributed by atoms with Gasteiger partial charge in [0.2, 0.25) is 5.91 Å². The summed E-state index contributed by atoms with van der Waals surface area (Å²) in [6.45, 7) is 0. The van der Waals surface area contributed by atoms with Crippen molar-refractivity contribution >= 4 is 23.5 Å². The van der Waals surface area contributed by atoms with E-state index in [1.165, 1.54) is 10.9 Å². The number of aryl methyl sites for hydroxylation is 1. The number of halogens is 1. The van der Waals surface area contributed by atoms with Gasteiger partial charge in [0.1, 0.15) is 0 Å². The summed E-state index contributed by atoms with van der Waals surface area (Å²) in [6, 6.07) is 5.75. The number of carbonyl (C=O) groups excluding carboxylic acids is 1. The van der Waals surface area contributed by atoms with Crippen LogP contribution in [0.5, 0.6) is 0 Å². The molecule has 0 aliphatic carbocycles. The van der Waals surface area contributed by atoms with Crippen molar-refractivity contribution in [2.75, 3.05) is 0 Å². The molecule has 0 aliphatic rings. The second-order valence-electron chi connectivity index (χ2n) is 4.59.